The minimum Gasteiger partial charge on any atom is -0.491 e. The van der Waals surface area contributed by atoms with E-state index in [0.29, 0.717) is 0 Å². The Morgan fingerprint density at radius 3 is 2.87 bits per heavy atom. The number of halogens is 1. The zero-order valence-electron chi connectivity index (χ0n) is 9.36. The Labute approximate surface area is 99.1 Å². The fourth-order valence-electron chi connectivity index (χ4n) is 1.58. The third-order valence-electron chi connectivity index (χ3n) is 2.64. The molecule has 1 N–H and O–H groups in total. The lowest BCUT2D eigenvalue weighted by Crippen LogP contribution is -2.27. The zero-order chi connectivity index (χ0) is 11.1. The minimum atomic E-state index is 0.180. The van der Waals surface area contributed by atoms with E-state index in [1.807, 2.05) is 6.07 Å². The highest BCUT2D eigenvalue weighted by atomic mass is 79.9. The van der Waals surface area contributed by atoms with Crippen LogP contribution >= 0.6 is 15.9 Å². The van der Waals surface area contributed by atoms with Crippen molar-refractivity contribution in [3.05, 3.63) is 22.2 Å². The summed E-state index contributed by atoms with van der Waals surface area (Å²) in [5.74, 6) is 0.943. The summed E-state index contributed by atoms with van der Waals surface area (Å²) in [6.07, 6.45) is 0. The molecule has 0 fully saturated rings. The van der Waals surface area contributed by atoms with E-state index in [2.05, 4.69) is 48.1 Å². The van der Waals surface area contributed by atoms with Gasteiger partial charge in [-0.1, -0.05) is 29.8 Å². The van der Waals surface area contributed by atoms with Crippen LogP contribution in [0.15, 0.2) is 16.6 Å². The maximum Gasteiger partial charge on any atom is 0.143 e. The fraction of sp³-hybridized carbons (Fsp3) is 0.500. The number of hydrogen-bond donors (Lipinski definition) is 1. The molecule has 82 valence electrons. The Balaban J connectivity index is 2.36. The van der Waals surface area contributed by atoms with Crippen LogP contribution in [0.3, 0.4) is 0 Å². The van der Waals surface area contributed by atoms with Crippen molar-refractivity contribution in [2.45, 2.75) is 20.8 Å². The summed E-state index contributed by atoms with van der Waals surface area (Å²) in [5.41, 5.74) is 2.50. The van der Waals surface area contributed by atoms with Gasteiger partial charge in [0.2, 0.25) is 0 Å². The highest BCUT2D eigenvalue weighted by Crippen LogP contribution is 2.35. The Bertz CT molecular complexity index is 352. The first-order valence-electron chi connectivity index (χ1n) is 5.15. The number of rotatable bonds is 0. The molecule has 0 saturated heterocycles. The summed E-state index contributed by atoms with van der Waals surface area (Å²) < 4.78 is 6.91. The van der Waals surface area contributed by atoms with Gasteiger partial charge < -0.3 is 10.1 Å². The summed E-state index contributed by atoms with van der Waals surface area (Å²) >= 11 is 3.52. The molecule has 0 aromatic heterocycles. The Kier molecular flexibility index (Phi) is 2.67. The number of ether oxygens (including phenoxy) is 1. The van der Waals surface area contributed by atoms with Gasteiger partial charge in [-0.15, -0.1) is 0 Å². The molecule has 0 atom stereocenters. The molecule has 1 heterocycles. The van der Waals surface area contributed by atoms with Crippen LogP contribution in [0, 0.1) is 12.3 Å². The average Bonchev–Trinajstić information content (AvgIpc) is 2.29. The van der Waals surface area contributed by atoms with E-state index in [0.717, 1.165) is 29.1 Å². The summed E-state index contributed by atoms with van der Waals surface area (Å²) in [6.45, 7) is 8.19. The zero-order valence-corrected chi connectivity index (χ0v) is 10.9. The molecule has 2 rings (SSSR count). The van der Waals surface area contributed by atoms with Crippen LogP contribution < -0.4 is 10.1 Å². The molecular weight excluding hydrogens is 254 g/mol. The van der Waals surface area contributed by atoms with Crippen LogP contribution in [0.25, 0.3) is 0 Å². The van der Waals surface area contributed by atoms with Gasteiger partial charge in [0.1, 0.15) is 5.75 Å². The van der Waals surface area contributed by atoms with E-state index in [1.54, 1.807) is 0 Å². The van der Waals surface area contributed by atoms with Gasteiger partial charge in [-0.2, -0.15) is 0 Å². The molecule has 0 aliphatic carbocycles. The van der Waals surface area contributed by atoms with Crippen LogP contribution in [0.2, 0.25) is 0 Å². The molecule has 1 aromatic carbocycles. The fourth-order valence-corrected chi connectivity index (χ4v) is 1.90. The van der Waals surface area contributed by atoms with Crippen molar-refractivity contribution in [1.29, 1.82) is 0 Å². The molecule has 15 heavy (non-hydrogen) atoms. The summed E-state index contributed by atoms with van der Waals surface area (Å²) in [7, 11) is 0. The largest absolute Gasteiger partial charge is 0.491 e. The highest BCUT2D eigenvalue weighted by Gasteiger charge is 2.23. The molecule has 0 saturated carbocycles. The van der Waals surface area contributed by atoms with E-state index in [1.165, 1.54) is 5.56 Å². The maximum atomic E-state index is 5.81. The van der Waals surface area contributed by atoms with E-state index >= 15 is 0 Å². The first kappa shape index (κ1) is 10.8. The van der Waals surface area contributed by atoms with E-state index in [-0.39, 0.29) is 5.41 Å². The molecule has 0 unspecified atom stereocenters. The molecule has 0 spiro atoms. The van der Waals surface area contributed by atoms with Crippen molar-refractivity contribution < 1.29 is 4.74 Å². The second-order valence-electron chi connectivity index (χ2n) is 4.90. The lowest BCUT2D eigenvalue weighted by molar-refractivity contribution is 0.200. The topological polar surface area (TPSA) is 21.3 Å². The summed E-state index contributed by atoms with van der Waals surface area (Å²) in [5, 5.41) is 3.44. The molecule has 2 nitrogen and oxygen atoms in total. The Hall–Kier alpha value is -0.700. The first-order valence-corrected chi connectivity index (χ1v) is 5.94. The van der Waals surface area contributed by atoms with Gasteiger partial charge in [0.15, 0.2) is 0 Å². The number of fused-ring (bicyclic) bond motifs is 1. The van der Waals surface area contributed by atoms with Gasteiger partial charge in [-0.3, -0.25) is 0 Å². The van der Waals surface area contributed by atoms with Crippen LogP contribution in [-0.2, 0) is 0 Å². The molecule has 1 aliphatic heterocycles. The average molecular weight is 270 g/mol. The highest BCUT2D eigenvalue weighted by molar-refractivity contribution is 9.10. The molecule has 3 heteroatoms. The molecule has 0 amide bonds. The second kappa shape index (κ2) is 3.71. The SMILES string of the molecule is Cc1cc2c(cc1Br)OCC(C)(C)CN2. The number of anilines is 1. The van der Waals surface area contributed by atoms with Crippen molar-refractivity contribution in [3.8, 4) is 5.75 Å². The van der Waals surface area contributed by atoms with Crippen molar-refractivity contribution in [2.24, 2.45) is 5.41 Å². The van der Waals surface area contributed by atoms with Crippen molar-refractivity contribution in [2.75, 3.05) is 18.5 Å². The van der Waals surface area contributed by atoms with Gasteiger partial charge in [-0.25, -0.2) is 0 Å². The van der Waals surface area contributed by atoms with E-state index < -0.39 is 0 Å². The lowest BCUT2D eigenvalue weighted by atomic mass is 9.95. The monoisotopic (exact) mass is 269 g/mol. The minimum absolute atomic E-state index is 0.180. The molecule has 1 aromatic rings. The number of aryl methyl sites for hydroxylation is 1. The molecule has 1 aliphatic rings. The van der Waals surface area contributed by atoms with Crippen LogP contribution in [-0.4, -0.2) is 13.2 Å². The van der Waals surface area contributed by atoms with Gasteiger partial charge in [0, 0.05) is 16.4 Å². The van der Waals surface area contributed by atoms with Crippen molar-refractivity contribution >= 4 is 21.6 Å². The standard InChI is InChI=1S/C12H16BrNO/c1-8-4-10-11(5-9(8)13)15-7-12(2,3)6-14-10/h4-5,14H,6-7H2,1-3H3. The first-order chi connectivity index (χ1) is 6.98. The van der Waals surface area contributed by atoms with Gasteiger partial charge in [0.25, 0.3) is 0 Å². The quantitative estimate of drug-likeness (QED) is 0.777. The third-order valence-corrected chi connectivity index (χ3v) is 3.49. The van der Waals surface area contributed by atoms with Crippen molar-refractivity contribution in [3.63, 3.8) is 0 Å². The van der Waals surface area contributed by atoms with Gasteiger partial charge in [0.05, 0.1) is 12.3 Å². The number of hydrogen-bond acceptors (Lipinski definition) is 2. The predicted octanol–water partition coefficient (Wildman–Crippen LogP) is 3.59. The third kappa shape index (κ3) is 2.28. The number of benzene rings is 1. The molecule has 0 bridgehead atoms. The summed E-state index contributed by atoms with van der Waals surface area (Å²) in [6, 6.07) is 4.17. The van der Waals surface area contributed by atoms with Crippen LogP contribution in [0.1, 0.15) is 19.4 Å². The predicted molar refractivity (Wildman–Crippen MR) is 66.6 cm³/mol. The van der Waals surface area contributed by atoms with Crippen molar-refractivity contribution in [1.82, 2.24) is 0 Å². The summed E-state index contributed by atoms with van der Waals surface area (Å²) in [4.78, 5) is 0. The van der Waals surface area contributed by atoms with E-state index in [9.17, 15) is 0 Å². The molecule has 0 radical (unpaired) electrons. The lowest BCUT2D eigenvalue weighted by Gasteiger charge is -2.20. The number of nitrogens with one attached hydrogen (secondary N) is 1. The normalized spacial score (nSPS) is 18.4. The Morgan fingerprint density at radius 1 is 1.40 bits per heavy atom. The van der Waals surface area contributed by atoms with Crippen LogP contribution in [0.4, 0.5) is 5.69 Å². The Morgan fingerprint density at radius 2 is 2.13 bits per heavy atom. The van der Waals surface area contributed by atoms with Gasteiger partial charge in [-0.05, 0) is 24.6 Å². The molecular formula is C12H16BrNO. The van der Waals surface area contributed by atoms with E-state index in [4.69, 9.17) is 4.74 Å². The van der Waals surface area contributed by atoms with Crippen LogP contribution in [0.5, 0.6) is 5.75 Å². The van der Waals surface area contributed by atoms with Gasteiger partial charge >= 0.3 is 0 Å². The smallest absolute Gasteiger partial charge is 0.143 e. The maximum absolute atomic E-state index is 5.81. The second-order valence-corrected chi connectivity index (χ2v) is 5.76.